The van der Waals surface area contributed by atoms with Gasteiger partial charge in [0.15, 0.2) is 0 Å². The summed E-state index contributed by atoms with van der Waals surface area (Å²) in [6, 6.07) is 25.4. The smallest absolute Gasteiger partial charge is 0.337 e. The predicted octanol–water partition coefficient (Wildman–Crippen LogP) is 7.34. The first-order valence-electron chi connectivity index (χ1n) is 19.3. The summed E-state index contributed by atoms with van der Waals surface area (Å²) in [5.74, 6) is -1.01. The summed E-state index contributed by atoms with van der Waals surface area (Å²) in [4.78, 5) is 51.2. The molecule has 3 N–H and O–H groups in total. The van der Waals surface area contributed by atoms with E-state index in [0.717, 1.165) is 36.8 Å². The van der Waals surface area contributed by atoms with Gasteiger partial charge < -0.3 is 24.8 Å². The van der Waals surface area contributed by atoms with Crippen LogP contribution in [0.2, 0.25) is 0 Å². The first-order valence-corrected chi connectivity index (χ1v) is 20.8. The maximum atomic E-state index is 13.8. The molecule has 2 fully saturated rings. The molecule has 12 nitrogen and oxygen atoms in total. The third kappa shape index (κ3) is 10.7. The number of hydrogen-bond donors (Lipinski definition) is 3. The van der Waals surface area contributed by atoms with Crippen molar-refractivity contribution in [3.63, 3.8) is 0 Å². The molecule has 2 amide bonds. The monoisotopic (exact) mass is 795 g/mol. The maximum absolute atomic E-state index is 13.8. The van der Waals surface area contributed by atoms with Crippen molar-refractivity contribution in [2.75, 3.05) is 31.5 Å². The van der Waals surface area contributed by atoms with Gasteiger partial charge in [0.2, 0.25) is 10.0 Å². The van der Waals surface area contributed by atoms with Crippen molar-refractivity contribution < 1.29 is 41.8 Å². The zero-order valence-electron chi connectivity index (χ0n) is 32.5. The molecule has 0 spiro atoms. The number of methoxy groups -OCH3 is 2. The quantitative estimate of drug-likeness (QED) is 0.0984. The van der Waals surface area contributed by atoms with Crippen LogP contribution in [0, 0.1) is 11.8 Å². The van der Waals surface area contributed by atoms with E-state index in [-0.39, 0.29) is 39.6 Å². The fourth-order valence-corrected chi connectivity index (χ4v) is 8.60. The summed E-state index contributed by atoms with van der Waals surface area (Å²) in [6.45, 7) is 2.44. The summed E-state index contributed by atoms with van der Waals surface area (Å²) in [5.41, 5.74) is 2.95. The predicted molar refractivity (Wildman–Crippen MR) is 216 cm³/mol. The first-order chi connectivity index (χ1) is 27.4. The van der Waals surface area contributed by atoms with Crippen LogP contribution in [0.3, 0.4) is 0 Å². The summed E-state index contributed by atoms with van der Waals surface area (Å²) in [5, 5.41) is 5.74. The van der Waals surface area contributed by atoms with Crippen LogP contribution >= 0.6 is 0 Å². The van der Waals surface area contributed by atoms with Crippen LogP contribution in [0.4, 0.5) is 11.4 Å². The molecule has 0 atom stereocenters. The van der Waals surface area contributed by atoms with Gasteiger partial charge in [0, 0.05) is 16.8 Å². The maximum Gasteiger partial charge on any atom is 0.337 e. The topological polar surface area (TPSA) is 166 Å². The number of rotatable bonds is 16. The van der Waals surface area contributed by atoms with Crippen molar-refractivity contribution in [1.82, 2.24) is 4.72 Å². The number of anilines is 2. The lowest BCUT2D eigenvalue weighted by atomic mass is 9.76. The van der Waals surface area contributed by atoms with E-state index in [1.807, 2.05) is 43.3 Å². The van der Waals surface area contributed by atoms with E-state index in [2.05, 4.69) is 15.4 Å². The fraction of sp³-hybridized carbons (Fsp3) is 0.364. The molecule has 2 aliphatic carbocycles. The zero-order chi connectivity index (χ0) is 40.6. The molecule has 13 heteroatoms. The van der Waals surface area contributed by atoms with Crippen LogP contribution in [0.5, 0.6) is 5.75 Å². The van der Waals surface area contributed by atoms with Gasteiger partial charge in [-0.15, -0.1) is 0 Å². The number of hydrogen-bond acceptors (Lipinski definition) is 9. The Bertz CT molecular complexity index is 2190. The number of ether oxygens (including phenoxy) is 3. The standard InChI is InChI=1S/C44H49N3O9S/c1-4-44(24-22-33(23-25-44)43(51)55-3)47-57(52,53)37-7-5-6-34(26-37)40(48)46-39-21-20-36(56-28-31-10-11-31)27-38(39)41(49)45-35-18-14-30(15-19-35)9-8-29-12-16-32(17-13-29)42(50)54-2/h5-7,12-21,26-27,31,33,47H,4,8-11,22-25,28H2,1-3H3,(H,45,49)(H,46,48). The van der Waals surface area contributed by atoms with E-state index in [0.29, 0.717) is 61.6 Å². The van der Waals surface area contributed by atoms with Gasteiger partial charge in [-0.3, -0.25) is 14.4 Å². The lowest BCUT2D eigenvalue weighted by molar-refractivity contribution is -0.147. The van der Waals surface area contributed by atoms with Gasteiger partial charge in [-0.25, -0.2) is 17.9 Å². The minimum Gasteiger partial charge on any atom is -0.493 e. The summed E-state index contributed by atoms with van der Waals surface area (Å²) < 4.78 is 45.9. The van der Waals surface area contributed by atoms with Crippen molar-refractivity contribution in [1.29, 1.82) is 0 Å². The molecule has 0 bridgehead atoms. The molecule has 0 saturated heterocycles. The van der Waals surface area contributed by atoms with Gasteiger partial charge in [0.25, 0.3) is 11.8 Å². The van der Waals surface area contributed by atoms with E-state index in [4.69, 9.17) is 14.2 Å². The minimum atomic E-state index is -4.04. The van der Waals surface area contributed by atoms with Crippen LogP contribution < -0.4 is 20.1 Å². The first kappa shape index (κ1) is 41.1. The lowest BCUT2D eigenvalue weighted by Crippen LogP contribution is -2.50. The molecule has 300 valence electrons. The Hall–Kier alpha value is -5.53. The highest BCUT2D eigenvalue weighted by atomic mass is 32.2. The Labute approximate surface area is 333 Å². The van der Waals surface area contributed by atoms with Crippen LogP contribution in [0.25, 0.3) is 0 Å². The molecule has 6 rings (SSSR count). The Morgan fingerprint density at radius 1 is 0.737 bits per heavy atom. The molecule has 4 aromatic rings. The number of esters is 2. The molecule has 0 aromatic heterocycles. The van der Waals surface area contributed by atoms with Crippen LogP contribution in [-0.4, -0.2) is 58.5 Å². The second-order valence-electron chi connectivity index (χ2n) is 14.8. The van der Waals surface area contributed by atoms with Gasteiger partial charge in [-0.2, -0.15) is 0 Å². The number of amides is 2. The molecule has 0 heterocycles. The molecule has 2 aliphatic rings. The van der Waals surface area contributed by atoms with Crippen molar-refractivity contribution in [3.05, 3.63) is 119 Å². The third-order valence-corrected chi connectivity index (χ3v) is 12.4. The van der Waals surface area contributed by atoms with Gasteiger partial charge in [-0.1, -0.05) is 37.3 Å². The van der Waals surface area contributed by atoms with Crippen LogP contribution in [0.15, 0.2) is 95.9 Å². The Morgan fingerprint density at radius 2 is 1.40 bits per heavy atom. The van der Waals surface area contributed by atoms with Crippen LogP contribution in [0.1, 0.15) is 94.1 Å². The summed E-state index contributed by atoms with van der Waals surface area (Å²) >= 11 is 0. The molecule has 0 unspecified atom stereocenters. The largest absolute Gasteiger partial charge is 0.493 e. The number of carbonyl (C=O) groups is 4. The number of aryl methyl sites for hydroxylation is 2. The number of carbonyl (C=O) groups excluding carboxylic acids is 4. The number of nitrogens with one attached hydrogen (secondary N) is 3. The van der Waals surface area contributed by atoms with Gasteiger partial charge in [0.05, 0.1) is 48.5 Å². The summed E-state index contributed by atoms with van der Waals surface area (Å²) in [6.07, 6.45) is 6.21. The molecule has 0 radical (unpaired) electrons. The second kappa shape index (κ2) is 18.2. The van der Waals surface area contributed by atoms with Gasteiger partial charge >= 0.3 is 11.9 Å². The van der Waals surface area contributed by atoms with E-state index in [1.54, 1.807) is 30.3 Å². The van der Waals surface area contributed by atoms with E-state index < -0.39 is 27.4 Å². The fourth-order valence-electron chi connectivity index (χ4n) is 7.02. The number of benzene rings is 4. The molecule has 2 saturated carbocycles. The highest BCUT2D eigenvalue weighted by Gasteiger charge is 2.40. The van der Waals surface area contributed by atoms with E-state index in [9.17, 15) is 27.6 Å². The summed E-state index contributed by atoms with van der Waals surface area (Å²) in [7, 11) is -1.34. The average Bonchev–Trinajstić information content (AvgIpc) is 4.07. The highest BCUT2D eigenvalue weighted by Crippen LogP contribution is 2.36. The highest BCUT2D eigenvalue weighted by molar-refractivity contribution is 7.89. The van der Waals surface area contributed by atoms with Gasteiger partial charge in [-0.05, 0) is 135 Å². The van der Waals surface area contributed by atoms with Gasteiger partial charge in [0.1, 0.15) is 5.75 Å². The Kier molecular flexibility index (Phi) is 13.1. The molecular weight excluding hydrogens is 747 g/mol. The SMILES string of the molecule is CCC1(NS(=O)(=O)c2cccc(C(=O)Nc3ccc(OCC4CC4)cc3C(=O)Nc3ccc(CCc4ccc(C(=O)OC)cc4)cc3)c2)CCC(C(=O)OC)CC1. The Morgan fingerprint density at radius 3 is 2.02 bits per heavy atom. The van der Waals surface area contributed by atoms with Crippen molar-refractivity contribution >= 4 is 45.2 Å². The second-order valence-corrected chi connectivity index (χ2v) is 16.5. The third-order valence-electron chi connectivity index (χ3n) is 10.9. The molecule has 0 aliphatic heterocycles. The molecule has 57 heavy (non-hydrogen) atoms. The molecule has 4 aromatic carbocycles. The van der Waals surface area contributed by atoms with Crippen molar-refractivity contribution in [3.8, 4) is 5.75 Å². The van der Waals surface area contributed by atoms with E-state index in [1.165, 1.54) is 38.5 Å². The zero-order valence-corrected chi connectivity index (χ0v) is 33.3. The van der Waals surface area contributed by atoms with E-state index >= 15 is 0 Å². The minimum absolute atomic E-state index is 0.0697. The van der Waals surface area contributed by atoms with Crippen molar-refractivity contribution in [2.24, 2.45) is 11.8 Å². The molecular formula is C44H49N3O9S. The normalized spacial score (nSPS) is 17.9. The average molecular weight is 796 g/mol. The lowest BCUT2D eigenvalue weighted by Gasteiger charge is -2.39. The van der Waals surface area contributed by atoms with Crippen LogP contribution in [-0.2, 0) is 37.1 Å². The van der Waals surface area contributed by atoms with Crippen molar-refractivity contribution in [2.45, 2.75) is 75.1 Å². The number of sulfonamides is 1. The Balaban J connectivity index is 1.13.